The lowest BCUT2D eigenvalue weighted by Gasteiger charge is -2.33. The van der Waals surface area contributed by atoms with Crippen LogP contribution in [0.2, 0.25) is 0 Å². The number of rotatable bonds is 6. The van der Waals surface area contributed by atoms with Gasteiger partial charge in [-0.1, -0.05) is 19.1 Å². The Morgan fingerprint density at radius 2 is 2.04 bits per heavy atom. The van der Waals surface area contributed by atoms with Crippen LogP contribution in [-0.2, 0) is 0 Å². The molecule has 0 amide bonds. The van der Waals surface area contributed by atoms with Crippen LogP contribution in [0.1, 0.15) is 49.4 Å². The van der Waals surface area contributed by atoms with Gasteiger partial charge in [-0.3, -0.25) is 10.1 Å². The Kier molecular flexibility index (Phi) is 9.01. The molecule has 1 unspecified atom stereocenters. The van der Waals surface area contributed by atoms with E-state index in [0.29, 0.717) is 11.8 Å². The van der Waals surface area contributed by atoms with E-state index in [0.717, 1.165) is 56.4 Å². The molecule has 1 aliphatic heterocycles. The molecule has 0 aliphatic carbocycles. The molecule has 0 bridgehead atoms. The second kappa shape index (κ2) is 11.2. The Labute approximate surface area is 184 Å². The third-order valence-corrected chi connectivity index (χ3v) is 5.37. The zero-order valence-electron chi connectivity index (χ0n) is 16.9. The second-order valence-electron chi connectivity index (χ2n) is 7.07. The van der Waals surface area contributed by atoms with Crippen molar-refractivity contribution >= 4 is 29.9 Å². The highest BCUT2D eigenvalue weighted by Crippen LogP contribution is 2.25. The average molecular weight is 498 g/mol. The highest BCUT2D eigenvalue weighted by atomic mass is 127. The predicted molar refractivity (Wildman–Crippen MR) is 123 cm³/mol. The fourth-order valence-electron chi connectivity index (χ4n) is 3.61. The minimum atomic E-state index is 0. The van der Waals surface area contributed by atoms with E-state index in [4.69, 9.17) is 4.74 Å². The van der Waals surface area contributed by atoms with Crippen LogP contribution in [0.3, 0.4) is 0 Å². The topological polar surface area (TPSA) is 78.4 Å². The minimum absolute atomic E-state index is 0. The number of nitrogens with one attached hydrogen (secondary N) is 2. The number of benzene rings is 1. The van der Waals surface area contributed by atoms with Gasteiger partial charge in [0.1, 0.15) is 17.9 Å². The number of hydrogen-bond donors (Lipinski definition) is 2. The molecule has 154 valence electrons. The number of aromatic nitrogens is 3. The smallest absolute Gasteiger partial charge is 0.193 e. The molecule has 0 spiro atoms. The molecule has 1 atom stereocenters. The van der Waals surface area contributed by atoms with Gasteiger partial charge in [0.05, 0.1) is 7.11 Å². The number of halogens is 1. The van der Waals surface area contributed by atoms with Gasteiger partial charge < -0.3 is 15.0 Å². The summed E-state index contributed by atoms with van der Waals surface area (Å²) in [5.41, 5.74) is 1.33. The van der Waals surface area contributed by atoms with Crippen LogP contribution < -0.4 is 10.1 Å². The molecule has 0 saturated carbocycles. The number of aromatic amines is 1. The SMILES string of the molecule is CN=C(NCCC(C)c1ccc(OC)cc1)N1CCC(c2ncn[nH]2)CC1.I. The van der Waals surface area contributed by atoms with E-state index in [2.05, 4.69) is 49.4 Å². The molecular weight excluding hydrogens is 467 g/mol. The van der Waals surface area contributed by atoms with Crippen molar-refractivity contribution in [3.63, 3.8) is 0 Å². The molecule has 3 rings (SSSR count). The largest absolute Gasteiger partial charge is 0.497 e. The van der Waals surface area contributed by atoms with Crippen molar-refractivity contribution in [2.45, 2.75) is 38.0 Å². The average Bonchev–Trinajstić information content (AvgIpc) is 3.26. The minimum Gasteiger partial charge on any atom is -0.497 e. The number of H-pyrrole nitrogens is 1. The van der Waals surface area contributed by atoms with Gasteiger partial charge in [-0.2, -0.15) is 5.10 Å². The summed E-state index contributed by atoms with van der Waals surface area (Å²) in [6.45, 7) is 5.13. The molecule has 2 aromatic rings. The fraction of sp³-hybridized carbons (Fsp3) is 0.550. The third-order valence-electron chi connectivity index (χ3n) is 5.37. The molecule has 1 aromatic carbocycles. The van der Waals surface area contributed by atoms with Crippen LogP contribution >= 0.6 is 24.0 Å². The van der Waals surface area contributed by atoms with Gasteiger partial charge in [-0.25, -0.2) is 4.98 Å². The molecule has 28 heavy (non-hydrogen) atoms. The highest BCUT2D eigenvalue weighted by molar-refractivity contribution is 14.0. The van der Waals surface area contributed by atoms with Crippen molar-refractivity contribution in [2.24, 2.45) is 4.99 Å². The van der Waals surface area contributed by atoms with Gasteiger partial charge in [-0.05, 0) is 42.9 Å². The van der Waals surface area contributed by atoms with Gasteiger partial charge in [-0.15, -0.1) is 24.0 Å². The lowest BCUT2D eigenvalue weighted by molar-refractivity contribution is 0.298. The Balaban J connectivity index is 0.00000280. The summed E-state index contributed by atoms with van der Waals surface area (Å²) in [4.78, 5) is 11.1. The van der Waals surface area contributed by atoms with Crippen molar-refractivity contribution in [3.05, 3.63) is 42.0 Å². The molecule has 2 N–H and O–H groups in total. The zero-order chi connectivity index (χ0) is 19.1. The maximum atomic E-state index is 5.23. The lowest BCUT2D eigenvalue weighted by atomic mass is 9.96. The normalized spacial score (nSPS) is 16.4. The Morgan fingerprint density at radius 1 is 1.32 bits per heavy atom. The van der Waals surface area contributed by atoms with Gasteiger partial charge in [0, 0.05) is 32.6 Å². The van der Waals surface area contributed by atoms with Crippen LogP contribution in [0.15, 0.2) is 35.6 Å². The van der Waals surface area contributed by atoms with Crippen LogP contribution in [0.25, 0.3) is 0 Å². The molecular formula is C20H31IN6O. The third kappa shape index (κ3) is 5.83. The van der Waals surface area contributed by atoms with Gasteiger partial charge in [0.25, 0.3) is 0 Å². The van der Waals surface area contributed by atoms with Crippen molar-refractivity contribution in [1.29, 1.82) is 0 Å². The fourth-order valence-corrected chi connectivity index (χ4v) is 3.61. The van der Waals surface area contributed by atoms with Gasteiger partial charge >= 0.3 is 0 Å². The zero-order valence-corrected chi connectivity index (χ0v) is 19.2. The van der Waals surface area contributed by atoms with E-state index in [1.54, 1.807) is 13.4 Å². The molecule has 0 radical (unpaired) electrons. The summed E-state index contributed by atoms with van der Waals surface area (Å²) in [5, 5.41) is 10.5. The van der Waals surface area contributed by atoms with E-state index in [1.165, 1.54) is 5.56 Å². The molecule has 1 saturated heterocycles. The molecule has 8 heteroatoms. The van der Waals surface area contributed by atoms with Gasteiger partial charge in [0.2, 0.25) is 0 Å². The monoisotopic (exact) mass is 498 g/mol. The first-order valence-corrected chi connectivity index (χ1v) is 9.66. The van der Waals surface area contributed by atoms with Crippen molar-refractivity contribution < 1.29 is 4.74 Å². The number of aliphatic imine (C=N–C) groups is 1. The molecule has 1 aromatic heterocycles. The number of methoxy groups -OCH3 is 1. The molecule has 2 heterocycles. The molecule has 1 aliphatic rings. The lowest BCUT2D eigenvalue weighted by Crippen LogP contribution is -2.45. The van der Waals surface area contributed by atoms with Crippen LogP contribution in [0.4, 0.5) is 0 Å². The Hall–Kier alpha value is -1.84. The Morgan fingerprint density at radius 3 is 2.61 bits per heavy atom. The van der Waals surface area contributed by atoms with Gasteiger partial charge in [0.15, 0.2) is 5.96 Å². The first-order valence-electron chi connectivity index (χ1n) is 9.66. The summed E-state index contributed by atoms with van der Waals surface area (Å²) >= 11 is 0. The number of guanidine groups is 1. The summed E-state index contributed by atoms with van der Waals surface area (Å²) in [6, 6.07) is 8.34. The summed E-state index contributed by atoms with van der Waals surface area (Å²) in [5.74, 6) is 3.85. The van der Waals surface area contributed by atoms with E-state index >= 15 is 0 Å². The highest BCUT2D eigenvalue weighted by Gasteiger charge is 2.24. The van der Waals surface area contributed by atoms with E-state index in [9.17, 15) is 0 Å². The summed E-state index contributed by atoms with van der Waals surface area (Å²) in [7, 11) is 3.56. The summed E-state index contributed by atoms with van der Waals surface area (Å²) < 4.78 is 5.23. The first kappa shape index (κ1) is 22.4. The van der Waals surface area contributed by atoms with Crippen LogP contribution in [0.5, 0.6) is 5.75 Å². The number of piperidine rings is 1. The maximum absolute atomic E-state index is 5.23. The van der Waals surface area contributed by atoms with Crippen molar-refractivity contribution in [1.82, 2.24) is 25.4 Å². The molecule has 1 fully saturated rings. The Bertz CT molecular complexity index is 711. The second-order valence-corrected chi connectivity index (χ2v) is 7.07. The number of likely N-dealkylation sites (tertiary alicyclic amines) is 1. The standard InChI is InChI=1S/C20H30N6O.HI/c1-15(16-4-6-18(27-3)7-5-16)8-11-22-20(21-2)26-12-9-17(10-13-26)19-23-14-24-25-19;/h4-7,14-15,17H,8-13H2,1-3H3,(H,21,22)(H,23,24,25);1H. The quantitative estimate of drug-likeness (QED) is 0.363. The number of ether oxygens (including phenoxy) is 1. The maximum Gasteiger partial charge on any atom is 0.193 e. The van der Waals surface area contributed by atoms with E-state index < -0.39 is 0 Å². The van der Waals surface area contributed by atoms with Crippen molar-refractivity contribution in [3.8, 4) is 5.75 Å². The van der Waals surface area contributed by atoms with E-state index in [1.807, 2.05) is 19.2 Å². The van der Waals surface area contributed by atoms with E-state index in [-0.39, 0.29) is 24.0 Å². The summed E-state index contributed by atoms with van der Waals surface area (Å²) in [6.07, 6.45) is 4.78. The van der Waals surface area contributed by atoms with Crippen LogP contribution in [0, 0.1) is 0 Å². The first-order chi connectivity index (χ1) is 13.2. The molecule has 7 nitrogen and oxygen atoms in total. The van der Waals surface area contributed by atoms with Crippen LogP contribution in [-0.4, -0.2) is 59.8 Å². The predicted octanol–water partition coefficient (Wildman–Crippen LogP) is 3.38. The number of hydrogen-bond acceptors (Lipinski definition) is 4. The number of nitrogens with zero attached hydrogens (tertiary/aromatic N) is 4. The van der Waals surface area contributed by atoms with Crippen molar-refractivity contribution in [2.75, 3.05) is 33.8 Å².